The molecule has 0 aliphatic carbocycles. The summed E-state index contributed by atoms with van der Waals surface area (Å²) in [5.74, 6) is -2.33. The SMILES string of the molecule is CCOCON1C(=O)C(c2ccc(Cl)cc2Cl)=C(OC(=O)c2ccccc2F)C1(C)C. The van der Waals surface area contributed by atoms with Gasteiger partial charge in [0, 0.05) is 17.2 Å². The number of nitrogens with zero attached hydrogens (tertiary/aromatic N) is 1. The van der Waals surface area contributed by atoms with E-state index in [0.717, 1.165) is 11.1 Å². The van der Waals surface area contributed by atoms with Crippen LogP contribution in [0.25, 0.3) is 5.57 Å². The largest absolute Gasteiger partial charge is 0.424 e. The Bertz CT molecular complexity index is 1050. The van der Waals surface area contributed by atoms with Crippen LogP contribution >= 0.6 is 23.2 Å². The van der Waals surface area contributed by atoms with Crippen molar-refractivity contribution in [3.05, 3.63) is 75.2 Å². The highest BCUT2D eigenvalue weighted by Gasteiger charge is 2.50. The van der Waals surface area contributed by atoms with E-state index in [0.29, 0.717) is 17.2 Å². The maximum absolute atomic E-state index is 14.1. The fraction of sp³-hybridized carbons (Fsp3) is 0.273. The van der Waals surface area contributed by atoms with Crippen LogP contribution in [0.15, 0.2) is 48.2 Å². The Hall–Kier alpha value is -2.45. The van der Waals surface area contributed by atoms with Crippen molar-refractivity contribution >= 4 is 40.7 Å². The number of hydrogen-bond donors (Lipinski definition) is 0. The van der Waals surface area contributed by atoms with E-state index in [1.807, 2.05) is 0 Å². The number of rotatable bonds is 7. The number of hydrogen-bond acceptors (Lipinski definition) is 5. The van der Waals surface area contributed by atoms with Gasteiger partial charge in [0.1, 0.15) is 17.1 Å². The Morgan fingerprint density at radius 1 is 1.16 bits per heavy atom. The third-order valence-electron chi connectivity index (χ3n) is 4.65. The predicted molar refractivity (Wildman–Crippen MR) is 114 cm³/mol. The molecule has 3 rings (SSSR count). The van der Waals surface area contributed by atoms with Gasteiger partial charge in [-0.3, -0.25) is 4.79 Å². The lowest BCUT2D eigenvalue weighted by Crippen LogP contribution is -2.44. The molecular weight excluding hydrogens is 448 g/mol. The first-order valence-electron chi connectivity index (χ1n) is 9.40. The van der Waals surface area contributed by atoms with Gasteiger partial charge in [0.25, 0.3) is 5.91 Å². The summed E-state index contributed by atoms with van der Waals surface area (Å²) in [6.45, 7) is 5.21. The van der Waals surface area contributed by atoms with E-state index in [1.54, 1.807) is 26.8 Å². The van der Waals surface area contributed by atoms with Gasteiger partial charge >= 0.3 is 5.97 Å². The zero-order valence-electron chi connectivity index (χ0n) is 17.1. The smallest absolute Gasteiger partial charge is 0.346 e. The Kier molecular flexibility index (Phi) is 7.01. The molecule has 0 bridgehead atoms. The van der Waals surface area contributed by atoms with E-state index in [4.69, 9.17) is 37.5 Å². The normalized spacial score (nSPS) is 15.5. The Morgan fingerprint density at radius 2 is 1.87 bits per heavy atom. The third-order valence-corrected chi connectivity index (χ3v) is 5.19. The molecule has 0 saturated carbocycles. The second-order valence-corrected chi connectivity index (χ2v) is 7.94. The first-order valence-corrected chi connectivity index (χ1v) is 10.2. The second kappa shape index (κ2) is 9.36. The molecule has 1 amide bonds. The van der Waals surface area contributed by atoms with Crippen LogP contribution < -0.4 is 0 Å². The summed E-state index contributed by atoms with van der Waals surface area (Å²) < 4.78 is 24.9. The second-order valence-electron chi connectivity index (χ2n) is 7.10. The molecule has 164 valence electrons. The van der Waals surface area contributed by atoms with Gasteiger partial charge in [0.05, 0.1) is 16.2 Å². The summed E-state index contributed by atoms with van der Waals surface area (Å²) >= 11 is 12.3. The Morgan fingerprint density at radius 3 is 2.52 bits per heavy atom. The zero-order chi connectivity index (χ0) is 22.8. The summed E-state index contributed by atoms with van der Waals surface area (Å²) in [6.07, 6.45) is 0. The van der Waals surface area contributed by atoms with Crippen molar-refractivity contribution in [2.45, 2.75) is 26.3 Å². The van der Waals surface area contributed by atoms with Crippen LogP contribution in [-0.2, 0) is 19.1 Å². The maximum atomic E-state index is 14.1. The topological polar surface area (TPSA) is 65.1 Å². The van der Waals surface area contributed by atoms with E-state index in [1.165, 1.54) is 30.3 Å². The molecule has 31 heavy (non-hydrogen) atoms. The molecular formula is C22H20Cl2FNO5. The minimum atomic E-state index is -1.23. The van der Waals surface area contributed by atoms with Crippen LogP contribution in [0.4, 0.5) is 4.39 Å². The zero-order valence-corrected chi connectivity index (χ0v) is 18.6. The standard InChI is InChI=1S/C22H20Cl2FNO5/c1-4-29-12-30-26-20(27)18(14-10-9-13(23)11-16(14)24)19(22(26,2)3)31-21(28)15-7-5-6-8-17(15)25/h5-11H,4,12H2,1-3H3. The summed E-state index contributed by atoms with van der Waals surface area (Å²) in [5, 5.41) is 1.60. The molecule has 0 spiro atoms. The van der Waals surface area contributed by atoms with E-state index >= 15 is 0 Å². The molecule has 1 heterocycles. The van der Waals surface area contributed by atoms with Gasteiger partial charge in [0.15, 0.2) is 6.79 Å². The summed E-state index contributed by atoms with van der Waals surface area (Å²) in [4.78, 5) is 31.5. The van der Waals surface area contributed by atoms with Gasteiger partial charge in [-0.2, -0.15) is 0 Å². The molecule has 6 nitrogen and oxygen atoms in total. The lowest BCUT2D eigenvalue weighted by molar-refractivity contribution is -0.242. The van der Waals surface area contributed by atoms with Gasteiger partial charge in [-0.05, 0) is 45.0 Å². The minimum absolute atomic E-state index is 0.00727. The molecule has 0 unspecified atom stereocenters. The average Bonchev–Trinajstić information content (AvgIpc) is 2.89. The molecule has 0 saturated heterocycles. The lowest BCUT2D eigenvalue weighted by Gasteiger charge is -2.31. The molecule has 0 fully saturated rings. The molecule has 0 radical (unpaired) electrons. The van der Waals surface area contributed by atoms with Crippen LogP contribution in [0.2, 0.25) is 10.0 Å². The maximum Gasteiger partial charge on any atom is 0.346 e. The molecule has 0 aromatic heterocycles. The quantitative estimate of drug-likeness (QED) is 0.316. The Labute approximate surface area is 189 Å². The first-order chi connectivity index (χ1) is 14.7. The van der Waals surface area contributed by atoms with E-state index in [9.17, 15) is 14.0 Å². The molecule has 1 aliphatic rings. The molecule has 2 aromatic rings. The van der Waals surface area contributed by atoms with Crippen LogP contribution in [0.5, 0.6) is 0 Å². The van der Waals surface area contributed by atoms with Gasteiger partial charge in [0.2, 0.25) is 0 Å². The summed E-state index contributed by atoms with van der Waals surface area (Å²) in [5.41, 5.74) is -1.20. The van der Waals surface area contributed by atoms with Crippen molar-refractivity contribution in [2.24, 2.45) is 0 Å². The number of hydroxylamine groups is 2. The highest BCUT2D eigenvalue weighted by atomic mass is 35.5. The number of amides is 1. The number of carbonyl (C=O) groups excluding carboxylic acids is 2. The van der Waals surface area contributed by atoms with Crippen molar-refractivity contribution in [3.8, 4) is 0 Å². The van der Waals surface area contributed by atoms with Crippen molar-refractivity contribution in [1.82, 2.24) is 5.06 Å². The van der Waals surface area contributed by atoms with Crippen LogP contribution in [0.3, 0.4) is 0 Å². The number of carbonyl (C=O) groups is 2. The number of benzene rings is 2. The highest BCUT2D eigenvalue weighted by molar-refractivity contribution is 6.37. The van der Waals surface area contributed by atoms with Gasteiger partial charge in [-0.1, -0.05) is 41.4 Å². The van der Waals surface area contributed by atoms with Crippen molar-refractivity contribution in [3.63, 3.8) is 0 Å². The van der Waals surface area contributed by atoms with Crippen molar-refractivity contribution in [2.75, 3.05) is 13.4 Å². The van der Waals surface area contributed by atoms with Crippen molar-refractivity contribution < 1.29 is 28.3 Å². The molecule has 9 heteroatoms. The number of halogens is 3. The first kappa shape index (κ1) is 23.2. The average molecular weight is 468 g/mol. The minimum Gasteiger partial charge on any atom is -0.424 e. The molecule has 2 aromatic carbocycles. The van der Waals surface area contributed by atoms with Gasteiger partial charge in [-0.25, -0.2) is 19.1 Å². The summed E-state index contributed by atoms with van der Waals surface area (Å²) in [6, 6.07) is 9.95. The van der Waals surface area contributed by atoms with Gasteiger partial charge < -0.3 is 9.47 Å². The third kappa shape index (κ3) is 4.60. The highest BCUT2D eigenvalue weighted by Crippen LogP contribution is 2.43. The van der Waals surface area contributed by atoms with E-state index in [2.05, 4.69) is 0 Å². The fourth-order valence-electron chi connectivity index (χ4n) is 3.12. The van der Waals surface area contributed by atoms with Crippen molar-refractivity contribution in [1.29, 1.82) is 0 Å². The van der Waals surface area contributed by atoms with Crippen LogP contribution in [0, 0.1) is 5.82 Å². The summed E-state index contributed by atoms with van der Waals surface area (Å²) in [7, 11) is 0. The van der Waals surface area contributed by atoms with E-state index in [-0.39, 0.29) is 28.7 Å². The van der Waals surface area contributed by atoms with E-state index < -0.39 is 23.2 Å². The van der Waals surface area contributed by atoms with Crippen LogP contribution in [-0.4, -0.2) is 35.9 Å². The molecule has 0 atom stereocenters. The number of esters is 1. The predicted octanol–water partition coefficient (Wildman–Crippen LogP) is 5.25. The monoisotopic (exact) mass is 467 g/mol. The van der Waals surface area contributed by atoms with Crippen LogP contribution in [0.1, 0.15) is 36.7 Å². The van der Waals surface area contributed by atoms with Gasteiger partial charge in [-0.15, -0.1) is 0 Å². The molecule has 1 aliphatic heterocycles. The number of ether oxygens (including phenoxy) is 2. The Balaban J connectivity index is 2.09. The lowest BCUT2D eigenvalue weighted by atomic mass is 9.99. The fourth-order valence-corrected chi connectivity index (χ4v) is 3.63. The molecule has 0 N–H and O–H groups in total.